The van der Waals surface area contributed by atoms with Crippen molar-refractivity contribution >= 4 is 22.6 Å². The van der Waals surface area contributed by atoms with Crippen molar-refractivity contribution in [1.82, 2.24) is 9.55 Å². The molecule has 1 amide bonds. The van der Waals surface area contributed by atoms with E-state index in [1.54, 1.807) is 13.0 Å². The molecule has 0 radical (unpaired) electrons. The second kappa shape index (κ2) is 6.68. The summed E-state index contributed by atoms with van der Waals surface area (Å²) in [5.41, 5.74) is 4.65. The molecule has 0 saturated carbocycles. The third-order valence-corrected chi connectivity index (χ3v) is 4.63. The predicted octanol–water partition coefficient (Wildman–Crippen LogP) is 4.94. The summed E-state index contributed by atoms with van der Waals surface area (Å²) in [5.74, 6) is 0.0977. The number of amides is 1. The summed E-state index contributed by atoms with van der Waals surface area (Å²) < 4.78 is 15.5. The van der Waals surface area contributed by atoms with Crippen LogP contribution in [0.5, 0.6) is 0 Å². The maximum absolute atomic E-state index is 13.4. The smallest absolute Gasteiger partial charge is 0.256 e. The van der Waals surface area contributed by atoms with E-state index < -0.39 is 5.82 Å². The van der Waals surface area contributed by atoms with Crippen molar-refractivity contribution in [2.75, 3.05) is 5.32 Å². The first kappa shape index (κ1) is 17.0. The number of nitrogens with zero attached hydrogens (tertiary/aromatic N) is 2. The number of benzene rings is 3. The Balaban J connectivity index is 1.59. The minimum Gasteiger partial charge on any atom is -0.327 e. The van der Waals surface area contributed by atoms with Gasteiger partial charge in [0.05, 0.1) is 11.0 Å². The summed E-state index contributed by atoms with van der Waals surface area (Å²) in [5, 5.41) is 2.81. The maximum atomic E-state index is 13.4. The molecule has 0 saturated heterocycles. The topological polar surface area (TPSA) is 46.9 Å². The monoisotopic (exact) mass is 359 g/mol. The normalized spacial score (nSPS) is 10.9. The lowest BCUT2D eigenvalue weighted by atomic mass is 10.1. The minimum atomic E-state index is -0.428. The zero-order valence-corrected chi connectivity index (χ0v) is 15.0. The Morgan fingerprint density at radius 1 is 1.04 bits per heavy atom. The van der Waals surface area contributed by atoms with E-state index in [0.717, 1.165) is 28.0 Å². The summed E-state index contributed by atoms with van der Waals surface area (Å²) >= 11 is 0. The highest BCUT2D eigenvalue weighted by Crippen LogP contribution is 2.25. The van der Waals surface area contributed by atoms with Gasteiger partial charge in [-0.1, -0.05) is 18.2 Å². The Labute approximate surface area is 156 Å². The first-order chi connectivity index (χ1) is 13.0. The lowest BCUT2D eigenvalue weighted by molar-refractivity contribution is 0.102. The number of anilines is 1. The number of fused-ring (bicyclic) bond motifs is 1. The highest BCUT2D eigenvalue weighted by Gasteiger charge is 2.12. The van der Waals surface area contributed by atoms with Gasteiger partial charge in [0, 0.05) is 23.9 Å². The van der Waals surface area contributed by atoms with Gasteiger partial charge in [-0.15, -0.1) is 0 Å². The van der Waals surface area contributed by atoms with Crippen molar-refractivity contribution in [3.05, 3.63) is 83.7 Å². The molecule has 4 aromatic rings. The summed E-state index contributed by atoms with van der Waals surface area (Å²) in [6.45, 7) is 1.78. The second-order valence-corrected chi connectivity index (χ2v) is 6.47. The summed E-state index contributed by atoms with van der Waals surface area (Å²) in [6, 6.07) is 19.6. The van der Waals surface area contributed by atoms with Gasteiger partial charge in [-0.2, -0.15) is 0 Å². The van der Waals surface area contributed by atoms with Crippen molar-refractivity contribution in [2.24, 2.45) is 7.05 Å². The van der Waals surface area contributed by atoms with Crippen molar-refractivity contribution in [2.45, 2.75) is 6.92 Å². The molecule has 1 N–H and O–H groups in total. The van der Waals surface area contributed by atoms with E-state index in [0.29, 0.717) is 11.3 Å². The lowest BCUT2D eigenvalue weighted by Crippen LogP contribution is -2.13. The quantitative estimate of drug-likeness (QED) is 0.563. The summed E-state index contributed by atoms with van der Waals surface area (Å²) in [4.78, 5) is 17.1. The molecular weight excluding hydrogens is 341 g/mol. The van der Waals surface area contributed by atoms with E-state index in [2.05, 4.69) is 10.3 Å². The number of nitrogens with one attached hydrogen (secondary N) is 1. The van der Waals surface area contributed by atoms with Crippen molar-refractivity contribution in [1.29, 1.82) is 0 Å². The van der Waals surface area contributed by atoms with Crippen LogP contribution in [0.2, 0.25) is 0 Å². The number of carbonyl (C=O) groups is 1. The highest BCUT2D eigenvalue weighted by atomic mass is 19.1. The fraction of sp³-hybridized carbons (Fsp3) is 0.0909. The average Bonchev–Trinajstić information content (AvgIpc) is 3.01. The number of rotatable bonds is 3. The van der Waals surface area contributed by atoms with Crippen molar-refractivity contribution in [3.8, 4) is 11.4 Å². The Morgan fingerprint density at radius 2 is 1.78 bits per heavy atom. The Bertz CT molecular complexity index is 1150. The van der Waals surface area contributed by atoms with Gasteiger partial charge >= 0.3 is 0 Å². The number of carbonyl (C=O) groups excluding carboxylic acids is 1. The number of hydrogen-bond donors (Lipinski definition) is 1. The van der Waals surface area contributed by atoms with Gasteiger partial charge in [0.1, 0.15) is 11.6 Å². The van der Waals surface area contributed by atoms with E-state index in [9.17, 15) is 9.18 Å². The molecule has 134 valence electrons. The number of hydrogen-bond acceptors (Lipinski definition) is 2. The van der Waals surface area contributed by atoms with Gasteiger partial charge < -0.3 is 9.88 Å². The molecule has 0 aliphatic heterocycles. The standard InChI is InChI=1S/C22H18FN3O/c1-14-7-10-16(23)13-18(14)22(27)24-17-11-8-15(9-12-17)21-25-19-5-3-4-6-20(19)26(21)2/h3-13H,1-2H3,(H,24,27). The zero-order valence-electron chi connectivity index (χ0n) is 15.0. The van der Waals surface area contributed by atoms with Gasteiger partial charge in [0.2, 0.25) is 0 Å². The van der Waals surface area contributed by atoms with Gasteiger partial charge in [0.15, 0.2) is 0 Å². The van der Waals surface area contributed by atoms with Gasteiger partial charge in [-0.05, 0) is 61.0 Å². The average molecular weight is 359 g/mol. The molecule has 0 spiro atoms. The molecule has 27 heavy (non-hydrogen) atoms. The molecule has 4 rings (SSSR count). The predicted molar refractivity (Wildman–Crippen MR) is 105 cm³/mol. The van der Waals surface area contributed by atoms with Gasteiger partial charge in [-0.3, -0.25) is 4.79 Å². The number of aryl methyl sites for hydroxylation is 2. The van der Waals surface area contributed by atoms with Crippen LogP contribution >= 0.6 is 0 Å². The molecule has 0 bridgehead atoms. The molecule has 5 heteroatoms. The fourth-order valence-corrected chi connectivity index (χ4v) is 3.14. The van der Waals surface area contributed by atoms with Gasteiger partial charge in [0.25, 0.3) is 5.91 Å². The van der Waals surface area contributed by atoms with Crippen LogP contribution in [0.25, 0.3) is 22.4 Å². The summed E-state index contributed by atoms with van der Waals surface area (Å²) in [7, 11) is 1.98. The van der Waals surface area contributed by atoms with Crippen molar-refractivity contribution < 1.29 is 9.18 Å². The molecule has 0 aliphatic carbocycles. The molecule has 0 aliphatic rings. The minimum absolute atomic E-state index is 0.328. The first-order valence-corrected chi connectivity index (χ1v) is 8.62. The Hall–Kier alpha value is -3.47. The lowest BCUT2D eigenvalue weighted by Gasteiger charge is -2.09. The number of imidazole rings is 1. The van der Waals surface area contributed by atoms with Crippen LogP contribution in [0.4, 0.5) is 10.1 Å². The number of para-hydroxylation sites is 2. The largest absolute Gasteiger partial charge is 0.327 e. The van der Waals surface area contributed by atoms with Gasteiger partial charge in [-0.25, -0.2) is 9.37 Å². The van der Waals surface area contributed by atoms with Crippen LogP contribution < -0.4 is 5.32 Å². The van der Waals surface area contributed by atoms with Crippen LogP contribution in [0.15, 0.2) is 66.7 Å². The number of aromatic nitrogens is 2. The zero-order chi connectivity index (χ0) is 19.0. The molecule has 3 aromatic carbocycles. The van der Waals surface area contributed by atoms with E-state index in [1.807, 2.05) is 60.1 Å². The van der Waals surface area contributed by atoms with E-state index in [-0.39, 0.29) is 5.91 Å². The SMILES string of the molecule is Cc1ccc(F)cc1C(=O)Nc1ccc(-c2nc3ccccc3n2C)cc1. The third-order valence-electron chi connectivity index (χ3n) is 4.63. The molecule has 0 atom stereocenters. The molecule has 4 nitrogen and oxygen atoms in total. The van der Waals surface area contributed by atoms with Crippen LogP contribution in [0, 0.1) is 12.7 Å². The van der Waals surface area contributed by atoms with Crippen LogP contribution in [-0.4, -0.2) is 15.5 Å². The van der Waals surface area contributed by atoms with Crippen LogP contribution in [0.3, 0.4) is 0 Å². The first-order valence-electron chi connectivity index (χ1n) is 8.62. The molecule has 1 aromatic heterocycles. The Kier molecular flexibility index (Phi) is 4.20. The van der Waals surface area contributed by atoms with E-state index in [1.165, 1.54) is 12.1 Å². The van der Waals surface area contributed by atoms with E-state index in [4.69, 9.17) is 0 Å². The van der Waals surface area contributed by atoms with Crippen LogP contribution in [-0.2, 0) is 7.05 Å². The van der Waals surface area contributed by atoms with Crippen LogP contribution in [0.1, 0.15) is 15.9 Å². The second-order valence-electron chi connectivity index (χ2n) is 6.47. The molecule has 0 fully saturated rings. The maximum Gasteiger partial charge on any atom is 0.256 e. The van der Waals surface area contributed by atoms with Crippen molar-refractivity contribution in [3.63, 3.8) is 0 Å². The fourth-order valence-electron chi connectivity index (χ4n) is 3.14. The molecule has 0 unspecified atom stereocenters. The highest BCUT2D eigenvalue weighted by molar-refractivity contribution is 6.05. The number of halogens is 1. The van der Waals surface area contributed by atoms with E-state index >= 15 is 0 Å². The summed E-state index contributed by atoms with van der Waals surface area (Å²) in [6.07, 6.45) is 0. The molecular formula is C22H18FN3O. The third kappa shape index (κ3) is 3.19. The molecule has 1 heterocycles. The Morgan fingerprint density at radius 3 is 2.52 bits per heavy atom.